The first-order valence-electron chi connectivity index (χ1n) is 10.3. The summed E-state index contributed by atoms with van der Waals surface area (Å²) in [6.07, 6.45) is -5.12. The molecule has 2 aromatic heterocycles. The molecular formula is C19H23F3N6O3S. The Morgan fingerprint density at radius 1 is 1.31 bits per heavy atom. The molecule has 0 aliphatic carbocycles. The largest absolute Gasteiger partial charge is 0.397 e. The number of anilines is 2. The summed E-state index contributed by atoms with van der Waals surface area (Å²) in [6, 6.07) is 2.03. The number of aryl methyl sites for hydroxylation is 1. The maximum Gasteiger partial charge on any atom is 0.397 e. The number of halogens is 3. The Hall–Kier alpha value is -2.67. The van der Waals surface area contributed by atoms with Gasteiger partial charge in [0.25, 0.3) is 5.91 Å². The van der Waals surface area contributed by atoms with Crippen molar-refractivity contribution in [3.8, 4) is 0 Å². The van der Waals surface area contributed by atoms with Gasteiger partial charge < -0.3 is 15.1 Å². The van der Waals surface area contributed by atoms with Gasteiger partial charge in [0.05, 0.1) is 17.9 Å². The highest BCUT2D eigenvalue weighted by atomic mass is 32.1. The summed E-state index contributed by atoms with van der Waals surface area (Å²) in [4.78, 5) is 42.9. The highest BCUT2D eigenvalue weighted by molar-refractivity contribution is 7.18. The average Bonchev–Trinajstić information content (AvgIpc) is 3.36. The molecule has 2 aliphatic heterocycles. The monoisotopic (exact) mass is 472 g/mol. The van der Waals surface area contributed by atoms with Crippen LogP contribution in [-0.2, 0) is 20.8 Å². The number of piperazine rings is 1. The van der Waals surface area contributed by atoms with Crippen molar-refractivity contribution in [1.82, 2.24) is 20.3 Å². The highest BCUT2D eigenvalue weighted by Crippen LogP contribution is 2.33. The van der Waals surface area contributed by atoms with E-state index in [1.54, 1.807) is 11.3 Å². The molecule has 2 fully saturated rings. The molecule has 4 rings (SSSR count). The molecule has 2 saturated heterocycles. The summed E-state index contributed by atoms with van der Waals surface area (Å²) in [5.41, 5.74) is 2.31. The van der Waals surface area contributed by atoms with Gasteiger partial charge in [0.2, 0.25) is 11.9 Å². The fourth-order valence-corrected chi connectivity index (χ4v) is 4.60. The van der Waals surface area contributed by atoms with E-state index in [-0.39, 0.29) is 31.5 Å². The number of hydrogen-bond donors (Lipinski definition) is 2. The SMILES string of the molecule is CCc1cc2c(N3CCN(C(=O)CC(F)(F)F)CC3)nc(NC[C@H]3CONC3=O)nc2s1. The molecule has 13 heteroatoms. The number of alkyl halides is 3. The van der Waals surface area contributed by atoms with Gasteiger partial charge in [-0.3, -0.25) is 14.4 Å². The Kier molecular flexibility index (Phi) is 6.38. The maximum atomic E-state index is 12.6. The van der Waals surface area contributed by atoms with Gasteiger partial charge in [-0.2, -0.15) is 18.2 Å². The lowest BCUT2D eigenvalue weighted by molar-refractivity contribution is -0.161. The van der Waals surface area contributed by atoms with Crippen molar-refractivity contribution in [3.63, 3.8) is 0 Å². The number of fused-ring (bicyclic) bond motifs is 1. The standard InChI is InChI=1S/C19H23F3N6O3S/c1-2-12-7-13-15(28-5-3-27(4-6-28)14(29)8-19(20,21)22)24-18(25-17(13)32-12)23-9-11-10-31-26-16(11)30/h7,11H,2-6,8-10H2,1H3,(H,26,30)(H,23,24,25)/t11-/m0/s1. The lowest BCUT2D eigenvalue weighted by Crippen LogP contribution is -2.49. The molecule has 9 nitrogen and oxygen atoms in total. The van der Waals surface area contributed by atoms with E-state index in [4.69, 9.17) is 4.84 Å². The molecule has 0 unspecified atom stereocenters. The van der Waals surface area contributed by atoms with E-state index < -0.39 is 18.5 Å². The fourth-order valence-electron chi connectivity index (χ4n) is 3.64. The number of carbonyl (C=O) groups is 2. The Morgan fingerprint density at radius 3 is 2.69 bits per heavy atom. The van der Waals surface area contributed by atoms with E-state index in [9.17, 15) is 22.8 Å². The molecule has 1 atom stereocenters. The topological polar surface area (TPSA) is 99.7 Å². The van der Waals surface area contributed by atoms with E-state index in [0.717, 1.165) is 21.5 Å². The predicted octanol–water partition coefficient (Wildman–Crippen LogP) is 1.94. The molecule has 4 heterocycles. The summed E-state index contributed by atoms with van der Waals surface area (Å²) in [5.74, 6) is -0.428. The zero-order valence-electron chi connectivity index (χ0n) is 17.4. The van der Waals surface area contributed by atoms with Gasteiger partial charge in [-0.15, -0.1) is 11.3 Å². The van der Waals surface area contributed by atoms with Crippen molar-refractivity contribution in [2.75, 3.05) is 49.5 Å². The number of rotatable bonds is 6. The first-order chi connectivity index (χ1) is 15.2. The Bertz CT molecular complexity index is 1010. The predicted molar refractivity (Wildman–Crippen MR) is 112 cm³/mol. The molecule has 2 aliphatic rings. The number of hydroxylamine groups is 1. The van der Waals surface area contributed by atoms with Crippen LogP contribution in [0.3, 0.4) is 0 Å². The van der Waals surface area contributed by atoms with Crippen molar-refractivity contribution < 1.29 is 27.6 Å². The Morgan fingerprint density at radius 2 is 2.06 bits per heavy atom. The van der Waals surface area contributed by atoms with Gasteiger partial charge in [-0.05, 0) is 12.5 Å². The van der Waals surface area contributed by atoms with Gasteiger partial charge in [0, 0.05) is 37.6 Å². The van der Waals surface area contributed by atoms with Crippen molar-refractivity contribution in [2.45, 2.75) is 25.9 Å². The molecule has 0 spiro atoms. The summed E-state index contributed by atoms with van der Waals surface area (Å²) in [5, 5.41) is 3.97. The van der Waals surface area contributed by atoms with Gasteiger partial charge in [-0.1, -0.05) is 6.92 Å². The van der Waals surface area contributed by atoms with Gasteiger partial charge in [-0.25, -0.2) is 10.5 Å². The minimum absolute atomic E-state index is 0.188. The number of nitrogens with one attached hydrogen (secondary N) is 2. The number of carbonyl (C=O) groups excluding carboxylic acids is 2. The van der Waals surface area contributed by atoms with E-state index >= 15 is 0 Å². The molecule has 174 valence electrons. The van der Waals surface area contributed by atoms with Gasteiger partial charge in [0.1, 0.15) is 17.1 Å². The van der Waals surface area contributed by atoms with E-state index in [0.29, 0.717) is 31.4 Å². The number of thiophene rings is 1. The van der Waals surface area contributed by atoms with Gasteiger partial charge in [0.15, 0.2) is 0 Å². The number of aromatic nitrogens is 2. The Balaban J connectivity index is 1.51. The van der Waals surface area contributed by atoms with Crippen LogP contribution in [0.4, 0.5) is 24.9 Å². The van der Waals surface area contributed by atoms with Crippen LogP contribution in [0.15, 0.2) is 6.07 Å². The minimum atomic E-state index is -4.51. The summed E-state index contributed by atoms with van der Waals surface area (Å²) in [7, 11) is 0. The molecule has 0 aromatic carbocycles. The average molecular weight is 472 g/mol. The Labute approximate surface area is 185 Å². The van der Waals surface area contributed by atoms with E-state index in [1.165, 1.54) is 4.90 Å². The molecule has 2 amide bonds. The summed E-state index contributed by atoms with van der Waals surface area (Å²) in [6.45, 7) is 3.72. The quantitative estimate of drug-likeness (QED) is 0.663. The number of amides is 2. The second-order valence-electron chi connectivity index (χ2n) is 7.67. The van der Waals surface area contributed by atoms with Gasteiger partial charge >= 0.3 is 6.18 Å². The third kappa shape index (κ3) is 5.04. The first-order valence-corrected chi connectivity index (χ1v) is 11.1. The lowest BCUT2D eigenvalue weighted by atomic mass is 10.1. The molecular weight excluding hydrogens is 449 g/mol. The van der Waals surface area contributed by atoms with Crippen LogP contribution in [0.5, 0.6) is 0 Å². The van der Waals surface area contributed by atoms with Crippen LogP contribution in [0.2, 0.25) is 0 Å². The zero-order valence-corrected chi connectivity index (χ0v) is 18.2. The van der Waals surface area contributed by atoms with Crippen LogP contribution in [0.25, 0.3) is 10.2 Å². The number of hydrogen-bond acceptors (Lipinski definition) is 8. The third-order valence-electron chi connectivity index (χ3n) is 5.39. The normalized spacial score (nSPS) is 19.5. The third-order valence-corrected chi connectivity index (χ3v) is 6.56. The first kappa shape index (κ1) is 22.5. The summed E-state index contributed by atoms with van der Waals surface area (Å²) >= 11 is 1.55. The maximum absolute atomic E-state index is 12.6. The molecule has 2 N–H and O–H groups in total. The fraction of sp³-hybridized carbons (Fsp3) is 0.579. The van der Waals surface area contributed by atoms with Crippen molar-refractivity contribution in [1.29, 1.82) is 0 Å². The van der Waals surface area contributed by atoms with Crippen molar-refractivity contribution in [3.05, 3.63) is 10.9 Å². The highest BCUT2D eigenvalue weighted by Gasteiger charge is 2.35. The van der Waals surface area contributed by atoms with Crippen molar-refractivity contribution in [2.24, 2.45) is 5.92 Å². The van der Waals surface area contributed by atoms with E-state index in [1.807, 2.05) is 17.9 Å². The molecule has 0 radical (unpaired) electrons. The minimum Gasteiger partial charge on any atom is -0.353 e. The van der Waals surface area contributed by atoms with Crippen molar-refractivity contribution >= 4 is 45.1 Å². The molecule has 2 aromatic rings. The molecule has 0 bridgehead atoms. The van der Waals surface area contributed by atoms with Crippen LogP contribution in [-0.4, -0.2) is 72.2 Å². The second-order valence-corrected chi connectivity index (χ2v) is 8.79. The van der Waals surface area contributed by atoms with Crippen LogP contribution < -0.4 is 15.7 Å². The molecule has 32 heavy (non-hydrogen) atoms. The number of nitrogens with zero attached hydrogens (tertiary/aromatic N) is 4. The van der Waals surface area contributed by atoms with Crippen LogP contribution in [0, 0.1) is 5.92 Å². The molecule has 0 saturated carbocycles. The van der Waals surface area contributed by atoms with E-state index in [2.05, 4.69) is 20.8 Å². The smallest absolute Gasteiger partial charge is 0.353 e. The zero-order chi connectivity index (χ0) is 22.9. The summed E-state index contributed by atoms with van der Waals surface area (Å²) < 4.78 is 37.7. The lowest BCUT2D eigenvalue weighted by Gasteiger charge is -2.36. The second kappa shape index (κ2) is 9.06. The van der Waals surface area contributed by atoms with Crippen LogP contribution in [0.1, 0.15) is 18.2 Å². The van der Waals surface area contributed by atoms with Crippen LogP contribution >= 0.6 is 11.3 Å².